The number of hydrogen-bond donors (Lipinski definition) is 1. The normalized spacial score (nSPS) is 9.86. The number of nitrogens with zero attached hydrogens (tertiary/aromatic N) is 1. The lowest BCUT2D eigenvalue weighted by atomic mass is 10.3. The number of anilines is 1. The molecule has 0 aliphatic rings. The zero-order chi connectivity index (χ0) is 10.4. The maximum absolute atomic E-state index is 12.1. The Balaban J connectivity index is 2.76. The maximum Gasteiger partial charge on any atom is 0.288 e. The van der Waals surface area contributed by atoms with E-state index in [1.54, 1.807) is 24.3 Å². The predicted octanol–water partition coefficient (Wildman–Crippen LogP) is 2.94. The first kappa shape index (κ1) is 10.8. The van der Waals surface area contributed by atoms with Gasteiger partial charge in [0, 0.05) is 10.6 Å². The molecule has 1 aromatic rings. The van der Waals surface area contributed by atoms with Gasteiger partial charge in [-0.2, -0.15) is 14.0 Å². The summed E-state index contributed by atoms with van der Waals surface area (Å²) < 4.78 is 24.2. The number of benzene rings is 1. The zero-order valence-corrected chi connectivity index (χ0v) is 8.02. The lowest BCUT2D eigenvalue weighted by Gasteiger charge is -2.08. The summed E-state index contributed by atoms with van der Waals surface area (Å²) in [6.07, 6.45) is 0. The second-order valence-electron chi connectivity index (χ2n) is 2.39. The van der Waals surface area contributed by atoms with Crippen molar-refractivity contribution in [2.24, 2.45) is 0 Å². The molecule has 0 saturated carbocycles. The van der Waals surface area contributed by atoms with Gasteiger partial charge in [-0.3, -0.25) is 0 Å². The van der Waals surface area contributed by atoms with E-state index < -0.39 is 5.76 Å². The molecule has 14 heavy (non-hydrogen) atoms. The van der Waals surface area contributed by atoms with Gasteiger partial charge in [0.15, 0.2) is 0 Å². The van der Waals surface area contributed by atoms with Crippen LogP contribution in [0.4, 0.5) is 14.5 Å². The fraction of sp³-hybridized carbons (Fsp3) is 0.222. The van der Waals surface area contributed by atoms with Gasteiger partial charge < -0.3 is 5.32 Å². The first-order chi connectivity index (χ1) is 6.74. The van der Waals surface area contributed by atoms with Gasteiger partial charge in [0.05, 0.1) is 6.07 Å². The second kappa shape index (κ2) is 5.45. The highest BCUT2D eigenvalue weighted by molar-refractivity contribution is 7.99. The SMILES string of the molecule is N#CCNc1ccccc1SC(F)F. The molecule has 2 nitrogen and oxygen atoms in total. The van der Waals surface area contributed by atoms with E-state index in [0.717, 1.165) is 0 Å². The van der Waals surface area contributed by atoms with Gasteiger partial charge >= 0.3 is 0 Å². The van der Waals surface area contributed by atoms with Gasteiger partial charge in [0.2, 0.25) is 0 Å². The van der Waals surface area contributed by atoms with Gasteiger partial charge in [-0.05, 0) is 12.1 Å². The molecular formula is C9H8F2N2S. The molecule has 0 atom stereocenters. The van der Waals surface area contributed by atoms with Crippen molar-refractivity contribution < 1.29 is 8.78 Å². The largest absolute Gasteiger partial charge is 0.371 e. The third-order valence-electron chi connectivity index (χ3n) is 1.46. The van der Waals surface area contributed by atoms with Crippen LogP contribution < -0.4 is 5.32 Å². The molecule has 0 radical (unpaired) electrons. The molecule has 1 rings (SSSR count). The molecule has 0 heterocycles. The summed E-state index contributed by atoms with van der Waals surface area (Å²) in [5, 5.41) is 11.1. The van der Waals surface area contributed by atoms with Crippen molar-refractivity contribution in [3.63, 3.8) is 0 Å². The monoisotopic (exact) mass is 214 g/mol. The highest BCUT2D eigenvalue weighted by Gasteiger charge is 2.08. The topological polar surface area (TPSA) is 35.8 Å². The first-order valence-corrected chi connectivity index (χ1v) is 4.76. The van der Waals surface area contributed by atoms with Crippen molar-refractivity contribution in [3.05, 3.63) is 24.3 Å². The van der Waals surface area contributed by atoms with E-state index in [-0.39, 0.29) is 6.54 Å². The Morgan fingerprint density at radius 3 is 2.79 bits per heavy atom. The number of nitrogens with one attached hydrogen (secondary N) is 1. The summed E-state index contributed by atoms with van der Waals surface area (Å²) in [7, 11) is 0. The summed E-state index contributed by atoms with van der Waals surface area (Å²) in [4.78, 5) is 0.456. The molecule has 5 heteroatoms. The molecule has 1 aromatic carbocycles. The number of halogens is 2. The number of thioether (sulfide) groups is 1. The Kier molecular flexibility index (Phi) is 4.20. The van der Waals surface area contributed by atoms with Crippen LogP contribution in [0.3, 0.4) is 0 Å². The average Bonchev–Trinajstić information content (AvgIpc) is 2.16. The van der Waals surface area contributed by atoms with Gasteiger partial charge in [0.1, 0.15) is 6.54 Å². The van der Waals surface area contributed by atoms with Crippen molar-refractivity contribution in [1.82, 2.24) is 0 Å². The minimum absolute atomic E-state index is 0.112. The number of para-hydroxylation sites is 1. The fourth-order valence-corrected chi connectivity index (χ4v) is 1.56. The van der Waals surface area contributed by atoms with Crippen LogP contribution in [-0.4, -0.2) is 12.3 Å². The number of rotatable bonds is 4. The van der Waals surface area contributed by atoms with Crippen LogP contribution in [0.5, 0.6) is 0 Å². The summed E-state index contributed by atoms with van der Waals surface area (Å²) in [6, 6.07) is 8.57. The van der Waals surface area contributed by atoms with Gasteiger partial charge in [0.25, 0.3) is 5.76 Å². The van der Waals surface area contributed by atoms with Crippen LogP contribution in [0.2, 0.25) is 0 Å². The first-order valence-electron chi connectivity index (χ1n) is 3.88. The minimum Gasteiger partial charge on any atom is -0.371 e. The highest BCUT2D eigenvalue weighted by Crippen LogP contribution is 2.31. The Bertz CT molecular complexity index is 336. The highest BCUT2D eigenvalue weighted by atomic mass is 32.2. The van der Waals surface area contributed by atoms with E-state index >= 15 is 0 Å². The van der Waals surface area contributed by atoms with Crippen LogP contribution in [0.1, 0.15) is 0 Å². The van der Waals surface area contributed by atoms with E-state index in [9.17, 15) is 8.78 Å². The second-order valence-corrected chi connectivity index (χ2v) is 3.42. The van der Waals surface area contributed by atoms with Crippen LogP contribution in [0, 0.1) is 11.3 Å². The minimum atomic E-state index is -2.44. The maximum atomic E-state index is 12.1. The average molecular weight is 214 g/mol. The lowest BCUT2D eigenvalue weighted by molar-refractivity contribution is 0.252. The van der Waals surface area contributed by atoms with Gasteiger partial charge in [-0.15, -0.1) is 0 Å². The standard InChI is InChI=1S/C9H8F2N2S/c10-9(11)14-8-4-2-1-3-7(8)13-6-5-12/h1-4,9,13H,6H2. The van der Waals surface area contributed by atoms with Crippen LogP contribution >= 0.6 is 11.8 Å². The Labute approximate surface area is 84.9 Å². The molecular weight excluding hydrogens is 206 g/mol. The quantitative estimate of drug-likeness (QED) is 0.618. The van der Waals surface area contributed by atoms with Gasteiger partial charge in [-0.25, -0.2) is 0 Å². The number of hydrogen-bond acceptors (Lipinski definition) is 3. The van der Waals surface area contributed by atoms with Crippen LogP contribution in [0.25, 0.3) is 0 Å². The smallest absolute Gasteiger partial charge is 0.288 e. The molecule has 74 valence electrons. The third kappa shape index (κ3) is 3.23. The molecule has 0 aliphatic heterocycles. The van der Waals surface area contributed by atoms with Crippen molar-refractivity contribution in [3.8, 4) is 6.07 Å². The molecule has 0 fully saturated rings. The summed E-state index contributed by atoms with van der Waals surface area (Å²) >= 11 is 0.470. The molecule has 0 unspecified atom stereocenters. The van der Waals surface area contributed by atoms with Crippen molar-refractivity contribution in [2.45, 2.75) is 10.7 Å². The van der Waals surface area contributed by atoms with E-state index in [1.165, 1.54) is 0 Å². The number of nitriles is 1. The molecule has 0 bridgehead atoms. The van der Waals surface area contributed by atoms with E-state index in [4.69, 9.17) is 5.26 Å². The van der Waals surface area contributed by atoms with Gasteiger partial charge in [-0.1, -0.05) is 23.9 Å². The third-order valence-corrected chi connectivity index (χ3v) is 2.25. The lowest BCUT2D eigenvalue weighted by Crippen LogP contribution is -1.99. The van der Waals surface area contributed by atoms with E-state index in [0.29, 0.717) is 22.3 Å². The van der Waals surface area contributed by atoms with Crippen molar-refractivity contribution >= 4 is 17.4 Å². The molecule has 0 amide bonds. The fourth-order valence-electron chi connectivity index (χ4n) is 0.946. The molecule has 0 aromatic heterocycles. The summed E-state index contributed by atoms with van der Waals surface area (Å²) in [5.41, 5.74) is 0.569. The number of alkyl halides is 2. The predicted molar refractivity (Wildman–Crippen MR) is 52.4 cm³/mol. The van der Waals surface area contributed by atoms with Crippen LogP contribution in [-0.2, 0) is 0 Å². The van der Waals surface area contributed by atoms with Crippen molar-refractivity contribution in [2.75, 3.05) is 11.9 Å². The summed E-state index contributed by atoms with van der Waals surface area (Å²) in [6.45, 7) is 0.112. The summed E-state index contributed by atoms with van der Waals surface area (Å²) in [5.74, 6) is -2.44. The Morgan fingerprint density at radius 2 is 2.14 bits per heavy atom. The zero-order valence-electron chi connectivity index (χ0n) is 7.21. The van der Waals surface area contributed by atoms with Crippen LogP contribution in [0.15, 0.2) is 29.2 Å². The van der Waals surface area contributed by atoms with Crippen molar-refractivity contribution in [1.29, 1.82) is 5.26 Å². The van der Waals surface area contributed by atoms with E-state index in [2.05, 4.69) is 5.32 Å². The Hall–Kier alpha value is -1.28. The van der Waals surface area contributed by atoms with E-state index in [1.807, 2.05) is 6.07 Å². The molecule has 0 saturated heterocycles. The molecule has 0 spiro atoms. The molecule has 0 aliphatic carbocycles. The Morgan fingerprint density at radius 1 is 1.43 bits per heavy atom. The molecule has 1 N–H and O–H groups in total.